The van der Waals surface area contributed by atoms with Crippen molar-refractivity contribution < 1.29 is 14.3 Å². The molecule has 0 aliphatic carbocycles. The number of rotatable bonds is 5. The van der Waals surface area contributed by atoms with Crippen molar-refractivity contribution in [3.05, 3.63) is 70.1 Å². The summed E-state index contributed by atoms with van der Waals surface area (Å²) in [6.07, 6.45) is 0. The van der Waals surface area contributed by atoms with Crippen LogP contribution in [0.15, 0.2) is 54.6 Å². The minimum absolute atomic E-state index is 0.201. The van der Waals surface area contributed by atoms with Gasteiger partial charge in [0.25, 0.3) is 5.91 Å². The number of benzene rings is 2. The number of carbonyl (C=O) groups is 2. The maximum atomic E-state index is 12.1. The molecule has 0 unspecified atom stereocenters. The van der Waals surface area contributed by atoms with Gasteiger partial charge in [0.15, 0.2) is 6.61 Å². The lowest BCUT2D eigenvalue weighted by Gasteiger charge is -2.14. The van der Waals surface area contributed by atoms with Gasteiger partial charge in [-0.3, -0.25) is 4.79 Å². The molecule has 6 heteroatoms. The monoisotopic (exact) mass is 373 g/mol. The van der Waals surface area contributed by atoms with E-state index in [1.807, 2.05) is 43.3 Å². The first-order valence-corrected chi connectivity index (χ1v) is 8.93. The van der Waals surface area contributed by atoms with Gasteiger partial charge in [0.2, 0.25) is 0 Å². The summed E-state index contributed by atoms with van der Waals surface area (Å²) < 4.78 is 6.12. The number of halogens is 1. The van der Waals surface area contributed by atoms with E-state index in [9.17, 15) is 9.59 Å². The first-order chi connectivity index (χ1) is 12.0. The van der Waals surface area contributed by atoms with Crippen LogP contribution in [-0.4, -0.2) is 18.5 Å². The number of esters is 1. The van der Waals surface area contributed by atoms with Crippen LogP contribution < -0.4 is 5.32 Å². The second-order valence-corrected chi connectivity index (χ2v) is 7.09. The highest BCUT2D eigenvalue weighted by Crippen LogP contribution is 2.25. The molecule has 0 radical (unpaired) electrons. The van der Waals surface area contributed by atoms with Gasteiger partial charge in [0, 0.05) is 9.72 Å². The lowest BCUT2D eigenvalue weighted by atomic mass is 10.1. The SMILES string of the molecule is C[C@H](NC(=O)COC(=O)c1cc2ccccc2s1)c1ccc(Cl)cc1. The number of nitrogens with one attached hydrogen (secondary N) is 1. The molecular weight excluding hydrogens is 358 g/mol. The zero-order valence-corrected chi connectivity index (χ0v) is 15.1. The molecular formula is C19H16ClNO3S. The number of ether oxygens (including phenoxy) is 1. The molecule has 1 N–H and O–H groups in total. The second kappa shape index (κ2) is 7.68. The van der Waals surface area contributed by atoms with Gasteiger partial charge in [-0.1, -0.05) is 41.9 Å². The summed E-state index contributed by atoms with van der Waals surface area (Å²) in [7, 11) is 0. The molecule has 3 aromatic rings. The molecule has 0 aliphatic heterocycles. The van der Waals surface area contributed by atoms with Crippen LogP contribution in [0.1, 0.15) is 28.2 Å². The summed E-state index contributed by atoms with van der Waals surface area (Å²) in [4.78, 5) is 24.6. The Morgan fingerprint density at radius 1 is 1.16 bits per heavy atom. The van der Waals surface area contributed by atoms with Gasteiger partial charge >= 0.3 is 5.97 Å². The molecule has 4 nitrogen and oxygen atoms in total. The average Bonchev–Trinajstić information content (AvgIpc) is 3.04. The van der Waals surface area contributed by atoms with E-state index >= 15 is 0 Å². The normalized spacial score (nSPS) is 11.9. The van der Waals surface area contributed by atoms with Gasteiger partial charge in [-0.15, -0.1) is 11.3 Å². The summed E-state index contributed by atoms with van der Waals surface area (Å²) in [6.45, 7) is 1.54. The molecule has 1 atom stereocenters. The van der Waals surface area contributed by atoms with Crippen LogP contribution in [0.25, 0.3) is 10.1 Å². The number of hydrogen-bond acceptors (Lipinski definition) is 4. The third-order valence-electron chi connectivity index (χ3n) is 3.71. The van der Waals surface area contributed by atoms with E-state index in [1.54, 1.807) is 18.2 Å². The standard InChI is InChI=1S/C19H16ClNO3S/c1-12(13-6-8-15(20)9-7-13)21-18(22)11-24-19(23)17-10-14-4-2-3-5-16(14)25-17/h2-10,12H,11H2,1H3,(H,21,22)/t12-/m0/s1. The second-order valence-electron chi connectivity index (χ2n) is 5.57. The highest BCUT2D eigenvalue weighted by Gasteiger charge is 2.15. The molecule has 0 fully saturated rings. The number of thiophene rings is 1. The average molecular weight is 374 g/mol. The number of hydrogen-bond donors (Lipinski definition) is 1. The Morgan fingerprint density at radius 3 is 2.60 bits per heavy atom. The van der Waals surface area contributed by atoms with Gasteiger partial charge in [0.05, 0.1) is 6.04 Å². The van der Waals surface area contributed by atoms with Crippen molar-refractivity contribution in [1.29, 1.82) is 0 Å². The molecule has 25 heavy (non-hydrogen) atoms. The molecule has 0 aliphatic rings. The van der Waals surface area contributed by atoms with Crippen molar-refractivity contribution in [2.45, 2.75) is 13.0 Å². The Hall–Kier alpha value is -2.37. The summed E-state index contributed by atoms with van der Waals surface area (Å²) in [5.74, 6) is -0.840. The number of amides is 1. The van der Waals surface area contributed by atoms with Crippen LogP contribution in [0.3, 0.4) is 0 Å². The summed E-state index contributed by atoms with van der Waals surface area (Å²) in [6, 6.07) is 16.5. The Kier molecular flexibility index (Phi) is 5.36. The van der Waals surface area contributed by atoms with E-state index in [1.165, 1.54) is 11.3 Å². The van der Waals surface area contributed by atoms with Crippen LogP contribution in [0, 0.1) is 0 Å². The predicted octanol–water partition coefficient (Wildman–Crippen LogP) is 4.59. The van der Waals surface area contributed by atoms with Crippen molar-refractivity contribution in [3.63, 3.8) is 0 Å². The van der Waals surface area contributed by atoms with E-state index in [0.29, 0.717) is 9.90 Å². The van der Waals surface area contributed by atoms with Crippen molar-refractivity contribution in [2.24, 2.45) is 0 Å². The zero-order chi connectivity index (χ0) is 17.8. The highest BCUT2D eigenvalue weighted by atomic mass is 35.5. The summed E-state index contributed by atoms with van der Waals surface area (Å²) in [5.41, 5.74) is 0.925. The molecule has 0 bridgehead atoms. The molecule has 3 rings (SSSR count). The number of fused-ring (bicyclic) bond motifs is 1. The first kappa shape index (κ1) is 17.5. The first-order valence-electron chi connectivity index (χ1n) is 7.73. The molecule has 0 saturated carbocycles. The minimum Gasteiger partial charge on any atom is -0.451 e. The van der Waals surface area contributed by atoms with Crippen LogP contribution >= 0.6 is 22.9 Å². The van der Waals surface area contributed by atoms with Crippen LogP contribution in [0.4, 0.5) is 0 Å². The quantitative estimate of drug-likeness (QED) is 0.665. The van der Waals surface area contributed by atoms with Gasteiger partial charge in [-0.2, -0.15) is 0 Å². The predicted molar refractivity (Wildman–Crippen MR) is 100 cm³/mol. The Labute approximate surface area is 154 Å². The van der Waals surface area contributed by atoms with Crippen molar-refractivity contribution in [3.8, 4) is 0 Å². The number of carbonyl (C=O) groups excluding carboxylic acids is 2. The summed E-state index contributed by atoms with van der Waals surface area (Å²) >= 11 is 7.20. The van der Waals surface area contributed by atoms with E-state index in [-0.39, 0.29) is 18.6 Å². The minimum atomic E-state index is -0.490. The lowest BCUT2D eigenvalue weighted by molar-refractivity contribution is -0.124. The van der Waals surface area contributed by atoms with Crippen LogP contribution in [-0.2, 0) is 9.53 Å². The lowest BCUT2D eigenvalue weighted by Crippen LogP contribution is -2.31. The van der Waals surface area contributed by atoms with E-state index in [2.05, 4.69) is 5.32 Å². The fourth-order valence-corrected chi connectivity index (χ4v) is 3.49. The topological polar surface area (TPSA) is 55.4 Å². The fourth-order valence-electron chi connectivity index (χ4n) is 2.40. The molecule has 2 aromatic carbocycles. The molecule has 0 spiro atoms. The van der Waals surface area contributed by atoms with Gasteiger partial charge < -0.3 is 10.1 Å². The van der Waals surface area contributed by atoms with E-state index in [4.69, 9.17) is 16.3 Å². The van der Waals surface area contributed by atoms with E-state index < -0.39 is 5.97 Å². The van der Waals surface area contributed by atoms with Crippen LogP contribution in [0.2, 0.25) is 5.02 Å². The largest absolute Gasteiger partial charge is 0.451 e. The van der Waals surface area contributed by atoms with E-state index in [0.717, 1.165) is 15.6 Å². The van der Waals surface area contributed by atoms with Crippen molar-refractivity contribution in [1.82, 2.24) is 5.32 Å². The molecule has 1 heterocycles. The van der Waals surface area contributed by atoms with Crippen molar-refractivity contribution in [2.75, 3.05) is 6.61 Å². The molecule has 0 saturated heterocycles. The van der Waals surface area contributed by atoms with Gasteiger partial charge in [-0.05, 0) is 42.1 Å². The Bertz CT molecular complexity index is 871. The fraction of sp³-hybridized carbons (Fsp3) is 0.158. The van der Waals surface area contributed by atoms with Crippen LogP contribution in [0.5, 0.6) is 0 Å². The smallest absolute Gasteiger partial charge is 0.348 e. The molecule has 128 valence electrons. The zero-order valence-electron chi connectivity index (χ0n) is 13.5. The maximum absolute atomic E-state index is 12.1. The summed E-state index contributed by atoms with van der Waals surface area (Å²) in [5, 5.41) is 4.42. The third kappa shape index (κ3) is 4.38. The van der Waals surface area contributed by atoms with Gasteiger partial charge in [-0.25, -0.2) is 4.79 Å². The highest BCUT2D eigenvalue weighted by molar-refractivity contribution is 7.20. The van der Waals surface area contributed by atoms with Gasteiger partial charge in [0.1, 0.15) is 4.88 Å². The molecule has 1 amide bonds. The Balaban J connectivity index is 1.54. The maximum Gasteiger partial charge on any atom is 0.348 e. The van der Waals surface area contributed by atoms with Crippen molar-refractivity contribution >= 4 is 44.9 Å². The molecule has 1 aromatic heterocycles. The Morgan fingerprint density at radius 2 is 1.88 bits per heavy atom. The third-order valence-corrected chi connectivity index (χ3v) is 5.06.